The van der Waals surface area contributed by atoms with E-state index in [9.17, 15) is 9.18 Å². The molecule has 0 saturated carbocycles. The van der Waals surface area contributed by atoms with Gasteiger partial charge in [-0.2, -0.15) is 4.98 Å². The van der Waals surface area contributed by atoms with E-state index in [-0.39, 0.29) is 18.1 Å². The van der Waals surface area contributed by atoms with Gasteiger partial charge in [-0.15, -0.1) is 0 Å². The van der Waals surface area contributed by atoms with Crippen molar-refractivity contribution >= 4 is 5.91 Å². The van der Waals surface area contributed by atoms with E-state index < -0.39 is 0 Å². The number of aryl methyl sites for hydroxylation is 2. The summed E-state index contributed by atoms with van der Waals surface area (Å²) in [6, 6.07) is 8.35. The fourth-order valence-corrected chi connectivity index (χ4v) is 2.66. The Hall–Kier alpha value is -3.00. The predicted octanol–water partition coefficient (Wildman–Crippen LogP) is 3.38. The van der Waals surface area contributed by atoms with Crippen molar-refractivity contribution in [3.05, 3.63) is 59.6 Å². The molecule has 28 heavy (non-hydrogen) atoms. The van der Waals surface area contributed by atoms with Crippen LogP contribution >= 0.6 is 0 Å². The Labute approximate surface area is 162 Å². The van der Waals surface area contributed by atoms with Crippen molar-refractivity contribution in [3.8, 4) is 11.4 Å². The van der Waals surface area contributed by atoms with Crippen LogP contribution in [0, 0.1) is 12.7 Å². The molecule has 1 amide bonds. The molecule has 148 valence electrons. The molecule has 0 saturated heterocycles. The van der Waals surface area contributed by atoms with Crippen LogP contribution in [0.4, 0.5) is 4.39 Å². The average Bonchev–Trinajstić information content (AvgIpc) is 3.37. The summed E-state index contributed by atoms with van der Waals surface area (Å²) < 4.78 is 29.3. The second kappa shape index (κ2) is 9.27. The van der Waals surface area contributed by atoms with Gasteiger partial charge in [0.05, 0.1) is 19.4 Å². The lowest BCUT2D eigenvalue weighted by molar-refractivity contribution is -0.132. The molecule has 0 atom stereocenters. The van der Waals surface area contributed by atoms with E-state index in [0.29, 0.717) is 54.7 Å². The lowest BCUT2D eigenvalue weighted by atomic mass is 10.1. The van der Waals surface area contributed by atoms with Gasteiger partial charge in [0.1, 0.15) is 11.6 Å². The summed E-state index contributed by atoms with van der Waals surface area (Å²) in [5.41, 5.74) is 1.08. The van der Waals surface area contributed by atoms with Gasteiger partial charge in [-0.25, -0.2) is 4.39 Å². The highest BCUT2D eigenvalue weighted by Gasteiger charge is 2.17. The van der Waals surface area contributed by atoms with Crippen LogP contribution in [0.5, 0.6) is 0 Å². The summed E-state index contributed by atoms with van der Waals surface area (Å²) in [7, 11) is 1.59. The van der Waals surface area contributed by atoms with Crippen molar-refractivity contribution < 1.29 is 22.9 Å². The van der Waals surface area contributed by atoms with Crippen molar-refractivity contribution in [2.75, 3.05) is 20.3 Å². The summed E-state index contributed by atoms with van der Waals surface area (Å²) in [5.74, 6) is 0.924. The standard InChI is InChI=1S/C20H22FN3O4/c1-14-5-6-15(12-17(14)21)20-22-18(28-23-20)7-8-19(25)24(9-11-26-2)13-16-4-3-10-27-16/h3-6,10,12H,7-9,11,13H2,1-2H3. The molecule has 1 aromatic carbocycles. The fourth-order valence-electron chi connectivity index (χ4n) is 2.66. The monoisotopic (exact) mass is 387 g/mol. The maximum absolute atomic E-state index is 13.7. The summed E-state index contributed by atoms with van der Waals surface area (Å²) in [6.45, 7) is 2.93. The molecule has 0 aliphatic carbocycles. The molecule has 0 radical (unpaired) electrons. The smallest absolute Gasteiger partial charge is 0.227 e. The highest BCUT2D eigenvalue weighted by atomic mass is 19.1. The van der Waals surface area contributed by atoms with Crippen LogP contribution in [0.15, 0.2) is 45.5 Å². The van der Waals surface area contributed by atoms with Crippen molar-refractivity contribution in [1.82, 2.24) is 15.0 Å². The van der Waals surface area contributed by atoms with Gasteiger partial charge in [-0.3, -0.25) is 4.79 Å². The number of benzene rings is 1. The van der Waals surface area contributed by atoms with Gasteiger partial charge >= 0.3 is 0 Å². The zero-order valence-electron chi connectivity index (χ0n) is 15.9. The van der Waals surface area contributed by atoms with Gasteiger partial charge < -0.3 is 18.6 Å². The van der Waals surface area contributed by atoms with Crippen LogP contribution in [0.25, 0.3) is 11.4 Å². The van der Waals surface area contributed by atoms with E-state index in [1.165, 1.54) is 6.07 Å². The first-order chi connectivity index (χ1) is 13.6. The number of halogens is 1. The Balaban J connectivity index is 1.61. The van der Waals surface area contributed by atoms with Gasteiger partial charge in [0, 0.05) is 32.1 Å². The van der Waals surface area contributed by atoms with Crippen LogP contribution in [-0.2, 0) is 22.5 Å². The molecule has 0 aliphatic heterocycles. The first-order valence-electron chi connectivity index (χ1n) is 8.95. The topological polar surface area (TPSA) is 81.6 Å². The van der Waals surface area contributed by atoms with Gasteiger partial charge in [0.25, 0.3) is 0 Å². The number of hydrogen-bond acceptors (Lipinski definition) is 6. The summed E-state index contributed by atoms with van der Waals surface area (Å²) in [5, 5.41) is 3.88. The van der Waals surface area contributed by atoms with Crippen molar-refractivity contribution in [2.24, 2.45) is 0 Å². The number of nitrogens with zero attached hydrogens (tertiary/aromatic N) is 3. The molecule has 2 heterocycles. The van der Waals surface area contributed by atoms with Gasteiger partial charge in [-0.1, -0.05) is 17.3 Å². The van der Waals surface area contributed by atoms with Crippen LogP contribution in [0.1, 0.15) is 23.6 Å². The molecule has 0 N–H and O–H groups in total. The summed E-state index contributed by atoms with van der Waals surface area (Å²) >= 11 is 0. The van der Waals surface area contributed by atoms with Crippen molar-refractivity contribution in [3.63, 3.8) is 0 Å². The number of rotatable bonds is 9. The number of hydrogen-bond donors (Lipinski definition) is 0. The van der Waals surface area contributed by atoms with Gasteiger partial charge in [-0.05, 0) is 30.7 Å². The molecular formula is C20H22FN3O4. The Morgan fingerprint density at radius 1 is 1.32 bits per heavy atom. The number of carbonyl (C=O) groups excluding carboxylic acids is 1. The first-order valence-corrected chi connectivity index (χ1v) is 8.95. The third kappa shape index (κ3) is 5.04. The maximum atomic E-state index is 13.7. The van der Waals surface area contributed by atoms with Crippen molar-refractivity contribution in [1.29, 1.82) is 0 Å². The molecule has 8 heteroatoms. The zero-order valence-corrected chi connectivity index (χ0v) is 15.9. The molecule has 0 unspecified atom stereocenters. The van der Waals surface area contributed by atoms with E-state index >= 15 is 0 Å². The highest BCUT2D eigenvalue weighted by molar-refractivity contribution is 5.76. The minimum Gasteiger partial charge on any atom is -0.467 e. The van der Waals surface area contributed by atoms with Gasteiger partial charge in [0.2, 0.25) is 17.6 Å². The number of aromatic nitrogens is 2. The van der Waals surface area contributed by atoms with E-state index in [2.05, 4.69) is 10.1 Å². The maximum Gasteiger partial charge on any atom is 0.227 e. The van der Waals surface area contributed by atoms with Crippen LogP contribution in [0.3, 0.4) is 0 Å². The second-order valence-electron chi connectivity index (χ2n) is 6.36. The number of furan rings is 1. The zero-order chi connectivity index (χ0) is 19.9. The molecule has 0 aliphatic rings. The van der Waals surface area contributed by atoms with E-state index in [4.69, 9.17) is 13.7 Å². The average molecular weight is 387 g/mol. The summed E-state index contributed by atoms with van der Waals surface area (Å²) in [6.07, 6.45) is 2.07. The molecule has 0 bridgehead atoms. The van der Waals surface area contributed by atoms with Gasteiger partial charge in [0.15, 0.2) is 0 Å². The fraction of sp³-hybridized carbons (Fsp3) is 0.350. The number of methoxy groups -OCH3 is 1. The number of amides is 1. The van der Waals surface area contributed by atoms with Crippen LogP contribution in [0.2, 0.25) is 0 Å². The summed E-state index contributed by atoms with van der Waals surface area (Å²) in [4.78, 5) is 18.5. The molecule has 0 fully saturated rings. The van der Waals surface area contributed by atoms with Crippen molar-refractivity contribution in [2.45, 2.75) is 26.3 Å². The minimum atomic E-state index is -0.328. The van der Waals surface area contributed by atoms with E-state index in [0.717, 1.165) is 0 Å². The highest BCUT2D eigenvalue weighted by Crippen LogP contribution is 2.19. The molecule has 7 nitrogen and oxygen atoms in total. The van der Waals surface area contributed by atoms with E-state index in [1.807, 2.05) is 6.07 Å². The Kier molecular flexibility index (Phi) is 6.54. The Morgan fingerprint density at radius 3 is 2.89 bits per heavy atom. The predicted molar refractivity (Wildman–Crippen MR) is 98.8 cm³/mol. The first kappa shape index (κ1) is 19.8. The number of carbonyl (C=O) groups is 1. The van der Waals surface area contributed by atoms with E-state index in [1.54, 1.807) is 43.4 Å². The largest absolute Gasteiger partial charge is 0.467 e. The third-order valence-electron chi connectivity index (χ3n) is 4.30. The molecule has 3 aromatic rings. The third-order valence-corrected chi connectivity index (χ3v) is 4.30. The Morgan fingerprint density at radius 2 is 2.18 bits per heavy atom. The lowest BCUT2D eigenvalue weighted by Gasteiger charge is -2.21. The quantitative estimate of drug-likeness (QED) is 0.560. The SMILES string of the molecule is COCCN(Cc1ccco1)C(=O)CCc1nc(-c2ccc(C)c(F)c2)no1. The molecule has 3 rings (SSSR count). The number of ether oxygens (including phenoxy) is 1. The minimum absolute atomic E-state index is 0.0745. The lowest BCUT2D eigenvalue weighted by Crippen LogP contribution is -2.33. The second-order valence-corrected chi connectivity index (χ2v) is 6.36. The van der Waals surface area contributed by atoms with Crippen LogP contribution in [-0.4, -0.2) is 41.2 Å². The molecule has 2 aromatic heterocycles. The molecule has 0 spiro atoms. The Bertz CT molecular complexity index is 908. The normalized spacial score (nSPS) is 11.0. The molecular weight excluding hydrogens is 365 g/mol. The van der Waals surface area contributed by atoms with Crippen LogP contribution < -0.4 is 0 Å².